The van der Waals surface area contributed by atoms with Crippen molar-refractivity contribution in [1.82, 2.24) is 0 Å². The molecule has 0 saturated heterocycles. The molecule has 2 unspecified atom stereocenters. The van der Waals surface area contributed by atoms with Crippen LogP contribution in [0.5, 0.6) is 0 Å². The highest BCUT2D eigenvalue weighted by molar-refractivity contribution is 9.10. The molecule has 2 rings (SSSR count). The first kappa shape index (κ1) is 13.7. The van der Waals surface area contributed by atoms with Gasteiger partial charge in [-0.3, -0.25) is 0 Å². The second kappa shape index (κ2) is 5.97. The Kier molecular flexibility index (Phi) is 4.56. The van der Waals surface area contributed by atoms with Crippen LogP contribution in [0.2, 0.25) is 0 Å². The summed E-state index contributed by atoms with van der Waals surface area (Å²) < 4.78 is 0.951. The van der Waals surface area contributed by atoms with Gasteiger partial charge in [0, 0.05) is 21.8 Å². The molecule has 18 heavy (non-hydrogen) atoms. The van der Waals surface area contributed by atoms with E-state index < -0.39 is 6.10 Å². The van der Waals surface area contributed by atoms with E-state index in [0.717, 1.165) is 14.9 Å². The van der Waals surface area contributed by atoms with Crippen molar-refractivity contribution in [3.05, 3.63) is 56.2 Å². The topological polar surface area (TPSA) is 46.2 Å². The standard InChI is InChI=1S/C14H16BrNOS/c1-9-4-2-3-5-10(9)11(8-16)13(17)14-12(15)6-7-18-14/h2-7,11,13,17H,8,16H2,1H3. The molecule has 0 fully saturated rings. The third kappa shape index (κ3) is 2.67. The van der Waals surface area contributed by atoms with Crippen molar-refractivity contribution in [3.63, 3.8) is 0 Å². The summed E-state index contributed by atoms with van der Waals surface area (Å²) in [6.07, 6.45) is -0.564. The normalized spacial score (nSPS) is 14.4. The van der Waals surface area contributed by atoms with Crippen LogP contribution in [0.4, 0.5) is 0 Å². The summed E-state index contributed by atoms with van der Waals surface area (Å²) in [5.74, 6) is -0.0684. The van der Waals surface area contributed by atoms with Gasteiger partial charge in [-0.25, -0.2) is 0 Å². The van der Waals surface area contributed by atoms with Crippen molar-refractivity contribution in [1.29, 1.82) is 0 Å². The number of nitrogens with two attached hydrogens (primary N) is 1. The summed E-state index contributed by atoms with van der Waals surface area (Å²) in [7, 11) is 0. The number of aliphatic hydroxyl groups is 1. The average Bonchev–Trinajstić information content (AvgIpc) is 2.78. The highest BCUT2D eigenvalue weighted by atomic mass is 79.9. The molecule has 0 aliphatic carbocycles. The summed E-state index contributed by atoms with van der Waals surface area (Å²) in [6, 6.07) is 10.0. The molecule has 2 nitrogen and oxygen atoms in total. The van der Waals surface area contributed by atoms with Crippen LogP contribution < -0.4 is 5.73 Å². The fourth-order valence-electron chi connectivity index (χ4n) is 2.13. The van der Waals surface area contributed by atoms with Gasteiger partial charge in [-0.15, -0.1) is 11.3 Å². The molecule has 3 N–H and O–H groups in total. The summed E-state index contributed by atoms with van der Waals surface area (Å²) in [5, 5.41) is 12.5. The predicted molar refractivity (Wildman–Crippen MR) is 80.0 cm³/mol. The molecule has 2 atom stereocenters. The SMILES string of the molecule is Cc1ccccc1C(CN)C(O)c1sccc1Br. The zero-order valence-electron chi connectivity index (χ0n) is 10.1. The molecule has 96 valence electrons. The van der Waals surface area contributed by atoms with E-state index in [1.165, 1.54) is 5.56 Å². The van der Waals surface area contributed by atoms with Gasteiger partial charge < -0.3 is 10.8 Å². The number of aliphatic hydroxyl groups excluding tert-OH is 1. The lowest BCUT2D eigenvalue weighted by Gasteiger charge is -2.23. The first-order chi connectivity index (χ1) is 8.65. The number of thiophene rings is 1. The first-order valence-electron chi connectivity index (χ1n) is 5.81. The van der Waals surface area contributed by atoms with E-state index in [0.29, 0.717) is 6.54 Å². The molecule has 0 aliphatic heterocycles. The summed E-state index contributed by atoms with van der Waals surface area (Å²) in [4.78, 5) is 0.939. The number of benzene rings is 1. The number of halogens is 1. The zero-order chi connectivity index (χ0) is 13.1. The second-order valence-electron chi connectivity index (χ2n) is 4.28. The van der Waals surface area contributed by atoms with Gasteiger partial charge >= 0.3 is 0 Å². The fraction of sp³-hybridized carbons (Fsp3) is 0.286. The lowest BCUT2D eigenvalue weighted by molar-refractivity contribution is 0.150. The smallest absolute Gasteiger partial charge is 0.0973 e. The van der Waals surface area contributed by atoms with Gasteiger partial charge in [0.1, 0.15) is 0 Å². The monoisotopic (exact) mass is 325 g/mol. The van der Waals surface area contributed by atoms with Crippen molar-refractivity contribution in [3.8, 4) is 0 Å². The van der Waals surface area contributed by atoms with E-state index in [4.69, 9.17) is 5.73 Å². The number of hydrogen-bond donors (Lipinski definition) is 2. The maximum absolute atomic E-state index is 10.5. The molecule has 0 bridgehead atoms. The molecule has 0 aliphatic rings. The van der Waals surface area contributed by atoms with Gasteiger partial charge in [-0.05, 0) is 45.4 Å². The summed E-state index contributed by atoms with van der Waals surface area (Å²) in [5.41, 5.74) is 8.14. The molecular formula is C14H16BrNOS. The Morgan fingerprint density at radius 3 is 2.61 bits per heavy atom. The van der Waals surface area contributed by atoms with E-state index in [-0.39, 0.29) is 5.92 Å². The van der Waals surface area contributed by atoms with E-state index in [9.17, 15) is 5.11 Å². The minimum atomic E-state index is -0.564. The van der Waals surface area contributed by atoms with E-state index in [1.807, 2.05) is 42.6 Å². The lowest BCUT2D eigenvalue weighted by Crippen LogP contribution is -2.20. The summed E-state index contributed by atoms with van der Waals surface area (Å²) >= 11 is 5.01. The molecule has 0 amide bonds. The molecule has 1 aromatic heterocycles. The van der Waals surface area contributed by atoms with Crippen LogP contribution in [0.25, 0.3) is 0 Å². The van der Waals surface area contributed by atoms with Gasteiger partial charge in [-0.2, -0.15) is 0 Å². The Morgan fingerprint density at radius 1 is 1.33 bits per heavy atom. The van der Waals surface area contributed by atoms with Gasteiger partial charge in [0.25, 0.3) is 0 Å². The Labute approximate surface area is 120 Å². The largest absolute Gasteiger partial charge is 0.387 e. The van der Waals surface area contributed by atoms with Gasteiger partial charge in [0.15, 0.2) is 0 Å². The van der Waals surface area contributed by atoms with Crippen LogP contribution in [-0.4, -0.2) is 11.7 Å². The quantitative estimate of drug-likeness (QED) is 0.902. The van der Waals surface area contributed by atoms with E-state index >= 15 is 0 Å². The number of hydrogen-bond acceptors (Lipinski definition) is 3. The highest BCUT2D eigenvalue weighted by Crippen LogP contribution is 2.38. The van der Waals surface area contributed by atoms with Crippen LogP contribution in [0.15, 0.2) is 40.2 Å². The minimum absolute atomic E-state index is 0.0684. The summed E-state index contributed by atoms with van der Waals surface area (Å²) in [6.45, 7) is 2.48. The maximum Gasteiger partial charge on any atom is 0.0973 e. The molecule has 2 aromatic rings. The molecule has 0 radical (unpaired) electrons. The molecule has 0 spiro atoms. The van der Waals surface area contributed by atoms with Crippen molar-refractivity contribution in [2.45, 2.75) is 18.9 Å². The van der Waals surface area contributed by atoms with Crippen LogP contribution >= 0.6 is 27.3 Å². The Morgan fingerprint density at radius 2 is 2.06 bits per heavy atom. The Hall–Kier alpha value is -0.680. The van der Waals surface area contributed by atoms with Crippen molar-refractivity contribution in [2.24, 2.45) is 5.73 Å². The van der Waals surface area contributed by atoms with Crippen LogP contribution in [-0.2, 0) is 0 Å². The molecule has 4 heteroatoms. The van der Waals surface area contributed by atoms with Gasteiger partial charge in [0.05, 0.1) is 6.10 Å². The lowest BCUT2D eigenvalue weighted by atomic mass is 9.89. The fourth-order valence-corrected chi connectivity index (χ4v) is 3.79. The van der Waals surface area contributed by atoms with Crippen LogP contribution in [0, 0.1) is 6.92 Å². The molecule has 1 aromatic carbocycles. The predicted octanol–water partition coefficient (Wildman–Crippen LogP) is 3.59. The van der Waals surface area contributed by atoms with E-state index in [2.05, 4.69) is 15.9 Å². The van der Waals surface area contributed by atoms with Crippen molar-refractivity contribution in [2.75, 3.05) is 6.54 Å². The Bertz CT molecular complexity index is 526. The zero-order valence-corrected chi connectivity index (χ0v) is 12.5. The van der Waals surface area contributed by atoms with Gasteiger partial charge in [0.2, 0.25) is 0 Å². The highest BCUT2D eigenvalue weighted by Gasteiger charge is 2.25. The molecular weight excluding hydrogens is 310 g/mol. The Balaban J connectivity index is 2.35. The number of rotatable bonds is 4. The van der Waals surface area contributed by atoms with Crippen molar-refractivity contribution >= 4 is 27.3 Å². The van der Waals surface area contributed by atoms with Crippen molar-refractivity contribution < 1.29 is 5.11 Å². The third-order valence-electron chi connectivity index (χ3n) is 3.14. The van der Waals surface area contributed by atoms with E-state index in [1.54, 1.807) is 11.3 Å². The average molecular weight is 326 g/mol. The molecule has 1 heterocycles. The number of aryl methyl sites for hydroxylation is 1. The van der Waals surface area contributed by atoms with Crippen LogP contribution in [0.1, 0.15) is 28.0 Å². The first-order valence-corrected chi connectivity index (χ1v) is 7.49. The van der Waals surface area contributed by atoms with Crippen LogP contribution in [0.3, 0.4) is 0 Å². The second-order valence-corrected chi connectivity index (χ2v) is 6.08. The third-order valence-corrected chi connectivity index (χ3v) is 5.08. The van der Waals surface area contributed by atoms with Gasteiger partial charge in [-0.1, -0.05) is 24.3 Å². The minimum Gasteiger partial charge on any atom is -0.387 e. The maximum atomic E-state index is 10.5. The molecule has 0 saturated carbocycles.